The minimum Gasteiger partial charge on any atom is -0.342 e. The summed E-state index contributed by atoms with van der Waals surface area (Å²) in [5.74, 6) is -0.242. The van der Waals surface area contributed by atoms with Crippen LogP contribution in [0.25, 0.3) is 0 Å². The summed E-state index contributed by atoms with van der Waals surface area (Å²) in [6, 6.07) is 7.80. The number of benzene rings is 1. The van der Waals surface area contributed by atoms with Gasteiger partial charge in [0.25, 0.3) is 0 Å². The van der Waals surface area contributed by atoms with Crippen molar-refractivity contribution in [3.05, 3.63) is 29.8 Å². The van der Waals surface area contributed by atoms with Gasteiger partial charge in [-0.1, -0.05) is 19.1 Å². The molecule has 0 aliphatic carbocycles. The van der Waals surface area contributed by atoms with Crippen LogP contribution >= 0.6 is 0 Å². The molecule has 1 atom stereocenters. The van der Waals surface area contributed by atoms with Gasteiger partial charge in [0.05, 0.1) is 5.92 Å². The number of nitrogens with zero attached hydrogens (tertiary/aromatic N) is 1. The number of nitrogens with one attached hydrogen (secondary N) is 2. The molecule has 5 nitrogen and oxygen atoms in total. The maximum absolute atomic E-state index is 12.2. The van der Waals surface area contributed by atoms with Gasteiger partial charge in [-0.25, -0.2) is 0 Å². The second kappa shape index (κ2) is 7.22. The third-order valence-electron chi connectivity index (χ3n) is 3.74. The second-order valence-electron chi connectivity index (χ2n) is 5.30. The topological polar surface area (TPSA) is 61.4 Å². The van der Waals surface area contributed by atoms with Gasteiger partial charge in [-0.05, 0) is 31.2 Å². The van der Waals surface area contributed by atoms with Crippen molar-refractivity contribution in [2.75, 3.05) is 25.0 Å². The zero-order valence-corrected chi connectivity index (χ0v) is 12.7. The average molecular weight is 289 g/mol. The zero-order valence-electron chi connectivity index (χ0n) is 12.7. The summed E-state index contributed by atoms with van der Waals surface area (Å²) in [5, 5.41) is 6.18. The summed E-state index contributed by atoms with van der Waals surface area (Å²) in [6.07, 6.45) is 0.316. The standard InChI is InChI=1S/C16H23N3O2/c1-3-17-10-12-6-5-7-14(8-12)18-16(21)13-9-15(20)19(4-2)11-13/h5-8,13,17H,3-4,9-11H2,1-2H3,(H,18,21). The fourth-order valence-corrected chi connectivity index (χ4v) is 2.53. The molecule has 2 rings (SSSR count). The number of hydrogen-bond donors (Lipinski definition) is 2. The van der Waals surface area contributed by atoms with E-state index >= 15 is 0 Å². The summed E-state index contributed by atoms with van der Waals surface area (Å²) in [6.45, 7) is 6.88. The largest absolute Gasteiger partial charge is 0.342 e. The van der Waals surface area contributed by atoms with E-state index in [1.165, 1.54) is 0 Å². The lowest BCUT2D eigenvalue weighted by atomic mass is 10.1. The van der Waals surface area contributed by atoms with Crippen LogP contribution < -0.4 is 10.6 Å². The van der Waals surface area contributed by atoms with E-state index in [2.05, 4.69) is 17.6 Å². The number of carbonyl (C=O) groups is 2. The van der Waals surface area contributed by atoms with Gasteiger partial charge >= 0.3 is 0 Å². The van der Waals surface area contributed by atoms with Gasteiger partial charge in [-0.15, -0.1) is 0 Å². The Kier molecular flexibility index (Phi) is 5.33. The zero-order chi connectivity index (χ0) is 15.2. The monoisotopic (exact) mass is 289 g/mol. The van der Waals surface area contributed by atoms with Gasteiger partial charge in [-0.3, -0.25) is 9.59 Å². The van der Waals surface area contributed by atoms with Gasteiger partial charge in [-0.2, -0.15) is 0 Å². The van der Waals surface area contributed by atoms with Gasteiger partial charge in [0.2, 0.25) is 11.8 Å². The smallest absolute Gasteiger partial charge is 0.229 e. The molecule has 1 aromatic carbocycles. The lowest BCUT2D eigenvalue weighted by Crippen LogP contribution is -2.28. The van der Waals surface area contributed by atoms with E-state index in [1.54, 1.807) is 4.90 Å². The highest BCUT2D eigenvalue weighted by molar-refractivity contribution is 5.97. The fourth-order valence-electron chi connectivity index (χ4n) is 2.53. The summed E-state index contributed by atoms with van der Waals surface area (Å²) in [5.41, 5.74) is 1.92. The number of likely N-dealkylation sites (tertiary alicyclic amines) is 1. The summed E-state index contributed by atoms with van der Waals surface area (Å²) >= 11 is 0. The minimum atomic E-state index is -0.241. The molecule has 1 aromatic rings. The van der Waals surface area contributed by atoms with E-state index < -0.39 is 0 Å². The molecule has 1 unspecified atom stereocenters. The Hall–Kier alpha value is -1.88. The van der Waals surface area contributed by atoms with Crippen molar-refractivity contribution in [1.29, 1.82) is 0 Å². The van der Waals surface area contributed by atoms with Crippen molar-refractivity contribution in [2.24, 2.45) is 5.92 Å². The molecule has 1 saturated heterocycles. The molecule has 2 N–H and O–H groups in total. The number of hydrogen-bond acceptors (Lipinski definition) is 3. The van der Waals surface area contributed by atoms with Gasteiger partial charge in [0.15, 0.2) is 0 Å². The highest BCUT2D eigenvalue weighted by atomic mass is 16.2. The van der Waals surface area contributed by atoms with E-state index in [4.69, 9.17) is 0 Å². The van der Waals surface area contributed by atoms with Crippen LogP contribution in [0, 0.1) is 5.92 Å². The van der Waals surface area contributed by atoms with E-state index in [1.807, 2.05) is 31.2 Å². The number of carbonyl (C=O) groups excluding carboxylic acids is 2. The van der Waals surface area contributed by atoms with Crippen molar-refractivity contribution in [1.82, 2.24) is 10.2 Å². The molecule has 0 radical (unpaired) electrons. The van der Waals surface area contributed by atoms with Crippen molar-refractivity contribution in [2.45, 2.75) is 26.8 Å². The number of rotatable bonds is 6. The molecule has 1 aliphatic rings. The van der Waals surface area contributed by atoms with E-state index in [0.717, 1.165) is 24.3 Å². The van der Waals surface area contributed by atoms with Crippen LogP contribution in [0.15, 0.2) is 24.3 Å². The quantitative estimate of drug-likeness (QED) is 0.836. The van der Waals surface area contributed by atoms with Crippen molar-refractivity contribution < 1.29 is 9.59 Å². The highest BCUT2D eigenvalue weighted by Gasteiger charge is 2.33. The van der Waals surface area contributed by atoms with E-state index in [9.17, 15) is 9.59 Å². The van der Waals surface area contributed by atoms with Crippen LogP contribution in [-0.2, 0) is 16.1 Å². The second-order valence-corrected chi connectivity index (χ2v) is 5.30. The molecular weight excluding hydrogens is 266 g/mol. The summed E-state index contributed by atoms with van der Waals surface area (Å²) in [4.78, 5) is 25.7. The van der Waals surface area contributed by atoms with Crippen LogP contribution in [0.1, 0.15) is 25.8 Å². The predicted octanol–water partition coefficient (Wildman–Crippen LogP) is 1.60. The van der Waals surface area contributed by atoms with Crippen LogP contribution in [0.2, 0.25) is 0 Å². The number of amides is 2. The van der Waals surface area contributed by atoms with Gasteiger partial charge in [0, 0.05) is 31.7 Å². The Morgan fingerprint density at radius 2 is 2.19 bits per heavy atom. The first-order valence-corrected chi connectivity index (χ1v) is 7.52. The molecule has 1 heterocycles. The Morgan fingerprint density at radius 1 is 1.38 bits per heavy atom. The molecule has 0 saturated carbocycles. The third-order valence-corrected chi connectivity index (χ3v) is 3.74. The summed E-state index contributed by atoms with van der Waals surface area (Å²) in [7, 11) is 0. The van der Waals surface area contributed by atoms with Crippen LogP contribution in [-0.4, -0.2) is 36.3 Å². The Bertz CT molecular complexity index is 516. The average Bonchev–Trinajstić information content (AvgIpc) is 2.87. The Labute approximate surface area is 125 Å². The third kappa shape index (κ3) is 4.04. The Morgan fingerprint density at radius 3 is 2.86 bits per heavy atom. The normalized spacial score (nSPS) is 18.1. The Balaban J connectivity index is 1.95. The molecule has 1 aliphatic heterocycles. The van der Waals surface area contributed by atoms with Crippen LogP contribution in [0.3, 0.4) is 0 Å². The first-order chi connectivity index (χ1) is 10.1. The van der Waals surface area contributed by atoms with E-state index in [-0.39, 0.29) is 17.7 Å². The van der Waals surface area contributed by atoms with Gasteiger partial charge < -0.3 is 15.5 Å². The highest BCUT2D eigenvalue weighted by Crippen LogP contribution is 2.20. The lowest BCUT2D eigenvalue weighted by molar-refractivity contribution is -0.128. The van der Waals surface area contributed by atoms with Crippen molar-refractivity contribution in [3.8, 4) is 0 Å². The molecule has 114 valence electrons. The fraction of sp³-hybridized carbons (Fsp3) is 0.500. The predicted molar refractivity (Wildman–Crippen MR) is 82.8 cm³/mol. The van der Waals surface area contributed by atoms with E-state index in [0.29, 0.717) is 19.5 Å². The maximum Gasteiger partial charge on any atom is 0.229 e. The molecule has 0 spiro atoms. The van der Waals surface area contributed by atoms with Gasteiger partial charge in [0.1, 0.15) is 0 Å². The SMILES string of the molecule is CCNCc1cccc(NC(=O)C2CC(=O)N(CC)C2)c1. The van der Waals surface area contributed by atoms with Crippen molar-refractivity contribution >= 4 is 17.5 Å². The summed E-state index contributed by atoms with van der Waals surface area (Å²) < 4.78 is 0. The number of anilines is 1. The molecule has 1 fully saturated rings. The van der Waals surface area contributed by atoms with Crippen molar-refractivity contribution in [3.63, 3.8) is 0 Å². The molecule has 21 heavy (non-hydrogen) atoms. The maximum atomic E-state index is 12.2. The first-order valence-electron chi connectivity index (χ1n) is 7.52. The first kappa shape index (κ1) is 15.5. The molecule has 0 bridgehead atoms. The molecular formula is C16H23N3O2. The van der Waals surface area contributed by atoms with Crippen LogP contribution in [0.4, 0.5) is 5.69 Å². The molecule has 2 amide bonds. The molecule has 5 heteroatoms. The minimum absolute atomic E-state index is 0.0681. The lowest BCUT2D eigenvalue weighted by Gasteiger charge is -2.14. The molecule has 0 aromatic heterocycles. The van der Waals surface area contributed by atoms with Crippen LogP contribution in [0.5, 0.6) is 0 Å².